The molecule has 0 aromatic carbocycles. The summed E-state index contributed by atoms with van der Waals surface area (Å²) >= 11 is 5.64. The number of hydrogen-bond donors (Lipinski definition) is 0. The SMILES string of the molecule is CC(CCCl)CCN(C)CCS(C)(=O)=O. The van der Waals surface area contributed by atoms with Crippen molar-refractivity contribution in [3.8, 4) is 0 Å². The maximum absolute atomic E-state index is 10.9. The fraction of sp³-hybridized carbons (Fsp3) is 1.00. The first-order chi connectivity index (χ1) is 6.85. The van der Waals surface area contributed by atoms with Gasteiger partial charge >= 0.3 is 0 Å². The normalized spacial score (nSPS) is 14.5. The van der Waals surface area contributed by atoms with Crippen LogP contribution in [0.4, 0.5) is 0 Å². The first-order valence-electron chi connectivity index (χ1n) is 5.27. The molecule has 0 aromatic rings. The van der Waals surface area contributed by atoms with Crippen molar-refractivity contribution in [2.24, 2.45) is 5.92 Å². The smallest absolute Gasteiger partial charge is 0.148 e. The molecule has 1 unspecified atom stereocenters. The van der Waals surface area contributed by atoms with E-state index in [9.17, 15) is 8.42 Å². The molecule has 5 heteroatoms. The van der Waals surface area contributed by atoms with E-state index >= 15 is 0 Å². The van der Waals surface area contributed by atoms with Gasteiger partial charge in [-0.25, -0.2) is 8.42 Å². The van der Waals surface area contributed by atoms with Crippen LogP contribution in [-0.4, -0.2) is 51.3 Å². The molecule has 92 valence electrons. The first-order valence-corrected chi connectivity index (χ1v) is 7.87. The molecule has 0 saturated heterocycles. The topological polar surface area (TPSA) is 37.4 Å². The Kier molecular flexibility index (Phi) is 7.57. The molecule has 0 heterocycles. The van der Waals surface area contributed by atoms with Crippen molar-refractivity contribution >= 4 is 21.4 Å². The molecule has 0 aliphatic rings. The lowest BCUT2D eigenvalue weighted by Crippen LogP contribution is -2.27. The Hall–Kier alpha value is 0.200. The maximum Gasteiger partial charge on any atom is 0.148 e. The van der Waals surface area contributed by atoms with E-state index in [1.165, 1.54) is 6.26 Å². The number of alkyl halides is 1. The second-order valence-corrected chi connectivity index (χ2v) is 6.94. The molecule has 0 amide bonds. The van der Waals surface area contributed by atoms with Crippen LogP contribution in [0.15, 0.2) is 0 Å². The predicted molar refractivity (Wildman–Crippen MR) is 66.3 cm³/mol. The van der Waals surface area contributed by atoms with Gasteiger partial charge in [0.05, 0.1) is 5.75 Å². The highest BCUT2D eigenvalue weighted by molar-refractivity contribution is 7.90. The number of halogens is 1. The van der Waals surface area contributed by atoms with Gasteiger partial charge in [0, 0.05) is 18.7 Å². The van der Waals surface area contributed by atoms with E-state index in [0.717, 1.165) is 19.4 Å². The molecule has 0 bridgehead atoms. The Labute approximate surface area is 98.7 Å². The summed E-state index contributed by atoms with van der Waals surface area (Å²) in [5.41, 5.74) is 0. The predicted octanol–water partition coefficient (Wildman–Crippen LogP) is 1.62. The molecule has 15 heavy (non-hydrogen) atoms. The monoisotopic (exact) mass is 255 g/mol. The zero-order valence-electron chi connectivity index (χ0n) is 9.87. The van der Waals surface area contributed by atoms with Crippen LogP contribution in [-0.2, 0) is 9.84 Å². The van der Waals surface area contributed by atoms with Crippen LogP contribution in [0.5, 0.6) is 0 Å². The molecular weight excluding hydrogens is 234 g/mol. The Morgan fingerprint density at radius 3 is 2.33 bits per heavy atom. The molecule has 0 N–H and O–H groups in total. The standard InChI is InChI=1S/C10H22ClNO2S/c1-10(4-6-11)5-7-12(2)8-9-15(3,13)14/h10H,4-9H2,1-3H3. The van der Waals surface area contributed by atoms with E-state index in [1.807, 2.05) is 7.05 Å². The summed E-state index contributed by atoms with van der Waals surface area (Å²) in [7, 11) is -0.874. The van der Waals surface area contributed by atoms with Gasteiger partial charge in [-0.15, -0.1) is 11.6 Å². The molecular formula is C10H22ClNO2S. The zero-order chi connectivity index (χ0) is 11.9. The van der Waals surface area contributed by atoms with Gasteiger partial charge < -0.3 is 4.90 Å². The van der Waals surface area contributed by atoms with Crippen molar-refractivity contribution in [3.05, 3.63) is 0 Å². The lowest BCUT2D eigenvalue weighted by atomic mass is 10.1. The van der Waals surface area contributed by atoms with Crippen LogP contribution in [0.3, 0.4) is 0 Å². The van der Waals surface area contributed by atoms with Gasteiger partial charge in [0.15, 0.2) is 0 Å². The summed E-state index contributed by atoms with van der Waals surface area (Å²) in [6.45, 7) is 3.73. The van der Waals surface area contributed by atoms with E-state index < -0.39 is 9.84 Å². The fourth-order valence-electron chi connectivity index (χ4n) is 1.20. The fourth-order valence-corrected chi connectivity index (χ4v) is 2.22. The van der Waals surface area contributed by atoms with E-state index in [-0.39, 0.29) is 5.75 Å². The second-order valence-electron chi connectivity index (χ2n) is 4.30. The van der Waals surface area contributed by atoms with E-state index in [1.54, 1.807) is 0 Å². The molecule has 0 fully saturated rings. The first kappa shape index (κ1) is 15.2. The molecule has 3 nitrogen and oxygen atoms in total. The van der Waals surface area contributed by atoms with Crippen LogP contribution in [0.25, 0.3) is 0 Å². The molecule has 0 aliphatic carbocycles. The van der Waals surface area contributed by atoms with Crippen LogP contribution >= 0.6 is 11.6 Å². The number of nitrogens with zero attached hydrogens (tertiary/aromatic N) is 1. The van der Waals surface area contributed by atoms with E-state index in [4.69, 9.17) is 11.6 Å². The largest absolute Gasteiger partial charge is 0.305 e. The minimum atomic E-state index is -2.83. The third kappa shape index (κ3) is 10.5. The third-order valence-electron chi connectivity index (χ3n) is 2.45. The molecule has 0 spiro atoms. The minimum absolute atomic E-state index is 0.243. The molecule has 1 atom stereocenters. The van der Waals surface area contributed by atoms with Gasteiger partial charge in [0.2, 0.25) is 0 Å². The third-order valence-corrected chi connectivity index (χ3v) is 3.59. The Balaban J connectivity index is 3.61. The van der Waals surface area contributed by atoms with E-state index in [2.05, 4.69) is 11.8 Å². The van der Waals surface area contributed by atoms with Gasteiger partial charge in [-0.1, -0.05) is 6.92 Å². The average molecular weight is 256 g/mol. The second kappa shape index (κ2) is 7.47. The molecule has 0 saturated carbocycles. The molecule has 0 rings (SSSR count). The Morgan fingerprint density at radius 1 is 1.27 bits per heavy atom. The van der Waals surface area contributed by atoms with Crippen molar-refractivity contribution in [2.75, 3.05) is 38.0 Å². The van der Waals surface area contributed by atoms with Crippen LogP contribution < -0.4 is 0 Å². The lowest BCUT2D eigenvalue weighted by molar-refractivity contribution is 0.318. The maximum atomic E-state index is 10.9. The average Bonchev–Trinajstić information content (AvgIpc) is 2.11. The number of rotatable bonds is 8. The van der Waals surface area contributed by atoms with E-state index in [0.29, 0.717) is 18.3 Å². The van der Waals surface area contributed by atoms with Crippen molar-refractivity contribution < 1.29 is 8.42 Å². The molecule has 0 radical (unpaired) electrons. The number of sulfone groups is 1. The van der Waals surface area contributed by atoms with Gasteiger partial charge in [-0.2, -0.15) is 0 Å². The van der Waals surface area contributed by atoms with Crippen molar-refractivity contribution in [1.82, 2.24) is 4.90 Å². The highest BCUT2D eigenvalue weighted by Crippen LogP contribution is 2.08. The van der Waals surface area contributed by atoms with Crippen LogP contribution in [0, 0.1) is 5.92 Å². The van der Waals surface area contributed by atoms with Gasteiger partial charge in [-0.05, 0) is 32.4 Å². The summed E-state index contributed by atoms with van der Waals surface area (Å²) in [6, 6.07) is 0. The van der Waals surface area contributed by atoms with Crippen molar-refractivity contribution in [2.45, 2.75) is 19.8 Å². The summed E-state index contributed by atoms with van der Waals surface area (Å²) in [6.07, 6.45) is 3.38. The van der Waals surface area contributed by atoms with Gasteiger partial charge in [-0.3, -0.25) is 0 Å². The van der Waals surface area contributed by atoms with Crippen LogP contribution in [0.1, 0.15) is 19.8 Å². The van der Waals surface area contributed by atoms with Gasteiger partial charge in [0.25, 0.3) is 0 Å². The number of hydrogen-bond acceptors (Lipinski definition) is 3. The highest BCUT2D eigenvalue weighted by Gasteiger charge is 2.07. The molecule has 0 aliphatic heterocycles. The lowest BCUT2D eigenvalue weighted by Gasteiger charge is -2.18. The summed E-state index contributed by atoms with van der Waals surface area (Å²) < 4.78 is 21.9. The zero-order valence-corrected chi connectivity index (χ0v) is 11.4. The molecule has 0 aromatic heterocycles. The summed E-state index contributed by atoms with van der Waals surface area (Å²) in [4.78, 5) is 2.06. The van der Waals surface area contributed by atoms with Crippen molar-refractivity contribution in [1.29, 1.82) is 0 Å². The van der Waals surface area contributed by atoms with Crippen LogP contribution in [0.2, 0.25) is 0 Å². The Bertz CT molecular complexity index is 254. The minimum Gasteiger partial charge on any atom is -0.305 e. The Morgan fingerprint density at radius 2 is 1.87 bits per heavy atom. The quantitative estimate of drug-likeness (QED) is 0.619. The van der Waals surface area contributed by atoms with Gasteiger partial charge in [0.1, 0.15) is 9.84 Å². The van der Waals surface area contributed by atoms with Crippen molar-refractivity contribution in [3.63, 3.8) is 0 Å². The highest BCUT2D eigenvalue weighted by atomic mass is 35.5. The summed E-state index contributed by atoms with van der Waals surface area (Å²) in [5.74, 6) is 1.56. The summed E-state index contributed by atoms with van der Waals surface area (Å²) in [5, 5.41) is 0.